The van der Waals surface area contributed by atoms with Crippen molar-refractivity contribution < 1.29 is 33.4 Å². The molecule has 0 radical (unpaired) electrons. The zero-order valence-electron chi connectivity index (χ0n) is 23.1. The Hall–Kier alpha value is -3.20. The Labute approximate surface area is 232 Å². The summed E-state index contributed by atoms with van der Waals surface area (Å²) in [4.78, 5) is 51.2. The molecule has 39 heavy (non-hydrogen) atoms. The topological polar surface area (TPSA) is 108 Å². The molecule has 0 aliphatic heterocycles. The fourth-order valence-corrected chi connectivity index (χ4v) is 8.72. The van der Waals surface area contributed by atoms with E-state index in [0.717, 1.165) is 49.9 Å². The number of aryl methyl sites for hydroxylation is 2. The van der Waals surface area contributed by atoms with Crippen molar-refractivity contribution >= 4 is 40.2 Å². The van der Waals surface area contributed by atoms with E-state index in [1.807, 2.05) is 0 Å². The van der Waals surface area contributed by atoms with E-state index in [2.05, 4.69) is 37.4 Å². The van der Waals surface area contributed by atoms with Gasteiger partial charge in [-0.05, 0) is 98.8 Å². The predicted molar refractivity (Wildman–Crippen MR) is 146 cm³/mol. The van der Waals surface area contributed by atoms with Gasteiger partial charge >= 0.3 is 17.9 Å². The van der Waals surface area contributed by atoms with Crippen LogP contribution < -0.4 is 5.32 Å². The van der Waals surface area contributed by atoms with Gasteiger partial charge in [-0.3, -0.25) is 9.59 Å². The predicted octanol–water partition coefficient (Wildman–Crippen LogP) is 5.27. The van der Waals surface area contributed by atoms with Crippen molar-refractivity contribution in [2.24, 2.45) is 17.3 Å². The summed E-state index contributed by atoms with van der Waals surface area (Å²) in [5, 5.41) is 2.79. The molecule has 9 heteroatoms. The summed E-state index contributed by atoms with van der Waals surface area (Å²) in [6, 6.07) is 6.70. The Kier molecular flexibility index (Phi) is 7.07. The van der Waals surface area contributed by atoms with Gasteiger partial charge in [0.05, 0.1) is 25.2 Å². The average molecular weight is 554 g/mol. The summed E-state index contributed by atoms with van der Waals surface area (Å²) in [5.74, 6) is -1.25. The monoisotopic (exact) mass is 553 g/mol. The molecule has 0 saturated heterocycles. The van der Waals surface area contributed by atoms with Crippen molar-refractivity contribution in [2.75, 3.05) is 26.1 Å². The smallest absolute Gasteiger partial charge is 0.348 e. The van der Waals surface area contributed by atoms with Crippen LogP contribution in [0.3, 0.4) is 0 Å². The number of thiophene rings is 1. The molecule has 1 N–H and O–H groups in total. The number of methoxy groups -OCH3 is 2. The number of benzene rings is 1. The number of ether oxygens (including phenoxy) is 3. The number of rotatable bonds is 7. The minimum Gasteiger partial charge on any atom is -0.465 e. The summed E-state index contributed by atoms with van der Waals surface area (Å²) in [6.45, 7) is 5.36. The van der Waals surface area contributed by atoms with Gasteiger partial charge in [0, 0.05) is 0 Å². The molecule has 2 atom stereocenters. The highest BCUT2D eigenvalue weighted by Gasteiger charge is 2.61. The summed E-state index contributed by atoms with van der Waals surface area (Å²) >= 11 is 0.924. The second-order valence-electron chi connectivity index (χ2n) is 11.7. The van der Waals surface area contributed by atoms with Crippen molar-refractivity contribution in [3.63, 3.8) is 0 Å². The van der Waals surface area contributed by atoms with Crippen LogP contribution in [0.2, 0.25) is 0 Å². The van der Waals surface area contributed by atoms with Crippen molar-refractivity contribution in [1.82, 2.24) is 0 Å². The first-order chi connectivity index (χ1) is 18.5. The molecule has 208 valence electrons. The largest absolute Gasteiger partial charge is 0.465 e. The Morgan fingerprint density at radius 3 is 2.23 bits per heavy atom. The summed E-state index contributed by atoms with van der Waals surface area (Å²) in [5.41, 5.74) is 3.67. The van der Waals surface area contributed by atoms with Gasteiger partial charge in [0.15, 0.2) is 6.61 Å². The molecule has 1 amide bonds. The van der Waals surface area contributed by atoms with Gasteiger partial charge in [-0.1, -0.05) is 18.2 Å². The quantitative estimate of drug-likeness (QED) is 0.368. The van der Waals surface area contributed by atoms with Gasteiger partial charge in [0.2, 0.25) is 0 Å². The van der Waals surface area contributed by atoms with Crippen molar-refractivity contribution in [1.29, 1.82) is 0 Å². The summed E-state index contributed by atoms with van der Waals surface area (Å²) < 4.78 is 15.3. The molecule has 2 aromatic rings. The number of esters is 3. The van der Waals surface area contributed by atoms with E-state index in [-0.39, 0.29) is 26.8 Å². The highest BCUT2D eigenvalue weighted by molar-refractivity contribution is 7.18. The van der Waals surface area contributed by atoms with Crippen LogP contribution in [0, 0.1) is 38.0 Å². The molecular formula is C30H35NO7S. The van der Waals surface area contributed by atoms with Gasteiger partial charge in [-0.25, -0.2) is 9.59 Å². The molecule has 8 nitrogen and oxygen atoms in total. The van der Waals surface area contributed by atoms with Gasteiger partial charge < -0.3 is 19.5 Å². The van der Waals surface area contributed by atoms with Crippen LogP contribution in [-0.2, 0) is 29.2 Å². The van der Waals surface area contributed by atoms with Crippen LogP contribution in [-0.4, -0.2) is 44.6 Å². The second kappa shape index (κ2) is 10.1. The van der Waals surface area contributed by atoms with Crippen LogP contribution >= 0.6 is 11.3 Å². The van der Waals surface area contributed by atoms with E-state index in [0.29, 0.717) is 17.4 Å². The summed E-state index contributed by atoms with van der Waals surface area (Å²) in [7, 11) is 2.46. The first-order valence-corrected chi connectivity index (χ1v) is 14.2. The zero-order chi connectivity index (χ0) is 28.1. The van der Waals surface area contributed by atoms with E-state index in [9.17, 15) is 19.2 Å². The van der Waals surface area contributed by atoms with Crippen LogP contribution in [0.15, 0.2) is 18.2 Å². The molecule has 4 fully saturated rings. The number of hydrogen-bond acceptors (Lipinski definition) is 8. The van der Waals surface area contributed by atoms with E-state index in [4.69, 9.17) is 14.2 Å². The van der Waals surface area contributed by atoms with Gasteiger partial charge in [-0.15, -0.1) is 11.3 Å². The fraction of sp³-hybridized carbons (Fsp3) is 0.533. The maximum absolute atomic E-state index is 13.6. The van der Waals surface area contributed by atoms with Crippen LogP contribution in [0.25, 0.3) is 0 Å². The van der Waals surface area contributed by atoms with Crippen molar-refractivity contribution in [2.45, 2.75) is 64.7 Å². The number of carbonyl (C=O) groups is 4. The molecule has 4 aliphatic rings. The zero-order valence-corrected chi connectivity index (χ0v) is 23.9. The number of nitrogens with one attached hydrogen (secondary N) is 1. The van der Waals surface area contributed by atoms with Crippen molar-refractivity contribution in [3.8, 4) is 0 Å². The molecule has 4 bridgehead atoms. The third-order valence-corrected chi connectivity index (χ3v) is 10.3. The fourth-order valence-electron chi connectivity index (χ4n) is 7.59. The second-order valence-corrected chi connectivity index (χ2v) is 12.7. The maximum atomic E-state index is 13.6. The minimum atomic E-state index is -0.684. The highest BCUT2D eigenvalue weighted by Crippen LogP contribution is 2.66. The lowest BCUT2D eigenvalue weighted by Gasteiger charge is -2.61. The molecule has 6 rings (SSSR count). The Balaban J connectivity index is 1.31. The third kappa shape index (κ3) is 4.75. The van der Waals surface area contributed by atoms with Crippen LogP contribution in [0.5, 0.6) is 0 Å². The average Bonchev–Trinajstić information content (AvgIpc) is 3.22. The van der Waals surface area contributed by atoms with Crippen LogP contribution in [0.1, 0.15) is 80.8 Å². The SMILES string of the molecule is COC(=O)c1sc(NC(=O)COC(=O)C23CC4CC(C2)CC(c2ccc(C)c(C)c2)(C4)C3)c(C(=O)OC)c1C. The molecule has 0 spiro atoms. The lowest BCUT2D eigenvalue weighted by Crippen LogP contribution is -2.57. The Bertz CT molecular complexity index is 1350. The molecule has 4 saturated carbocycles. The molecule has 1 heterocycles. The first-order valence-electron chi connectivity index (χ1n) is 13.4. The molecule has 4 aliphatic carbocycles. The first kappa shape index (κ1) is 27.4. The van der Waals surface area contributed by atoms with Gasteiger partial charge in [0.1, 0.15) is 9.88 Å². The van der Waals surface area contributed by atoms with Crippen LogP contribution in [0.4, 0.5) is 5.00 Å². The van der Waals surface area contributed by atoms with E-state index in [1.54, 1.807) is 6.92 Å². The number of amides is 1. The van der Waals surface area contributed by atoms with Gasteiger partial charge in [0.25, 0.3) is 5.91 Å². The lowest BCUT2D eigenvalue weighted by molar-refractivity contribution is -0.175. The molecule has 1 aromatic carbocycles. The normalized spacial score (nSPS) is 26.7. The summed E-state index contributed by atoms with van der Waals surface area (Å²) in [6.07, 6.45) is 5.69. The number of anilines is 1. The minimum absolute atomic E-state index is 0.0297. The highest BCUT2D eigenvalue weighted by atomic mass is 32.1. The number of hydrogen-bond donors (Lipinski definition) is 1. The van der Waals surface area contributed by atoms with Crippen molar-refractivity contribution in [3.05, 3.63) is 50.9 Å². The molecule has 2 unspecified atom stereocenters. The third-order valence-electron chi connectivity index (χ3n) is 9.11. The van der Waals surface area contributed by atoms with Gasteiger partial charge in [-0.2, -0.15) is 0 Å². The van der Waals surface area contributed by atoms with E-state index in [1.165, 1.54) is 30.9 Å². The standard InChI is InChI=1S/C30H35NO7S/c1-16-6-7-21(8-17(16)2)29-10-19-9-20(11-29)13-30(12-19,15-29)28(35)38-14-22(32)31-25-23(26(33)36-4)18(3)24(39-25)27(34)37-5/h6-8,19-20H,9-15H2,1-5H3,(H,31,32). The Morgan fingerprint density at radius 2 is 1.62 bits per heavy atom. The lowest BCUT2D eigenvalue weighted by atomic mass is 9.43. The van der Waals surface area contributed by atoms with E-state index < -0.39 is 29.9 Å². The Morgan fingerprint density at radius 1 is 0.949 bits per heavy atom. The molecular weight excluding hydrogens is 518 g/mol. The molecule has 1 aromatic heterocycles. The maximum Gasteiger partial charge on any atom is 0.348 e. The van der Waals surface area contributed by atoms with E-state index >= 15 is 0 Å². The number of carbonyl (C=O) groups excluding carboxylic acids is 4.